The first-order valence-electron chi connectivity index (χ1n) is 10.2. The molecule has 2 nitrogen and oxygen atoms in total. The Hall–Kier alpha value is -2.16. The first-order chi connectivity index (χ1) is 13.1. The number of carbonyl (C=O) groups is 1. The molecule has 1 aliphatic rings. The van der Waals surface area contributed by atoms with Crippen LogP contribution < -0.4 is 4.74 Å². The van der Waals surface area contributed by atoms with Gasteiger partial charge in [-0.2, -0.15) is 0 Å². The molecular weight excluding hydrogens is 339 g/mol. The number of hydrogen-bond donors (Lipinski definition) is 0. The van der Waals surface area contributed by atoms with Gasteiger partial charge in [-0.25, -0.2) is 4.39 Å². The van der Waals surface area contributed by atoms with Crippen molar-refractivity contribution >= 4 is 5.97 Å². The lowest BCUT2D eigenvalue weighted by Gasteiger charge is -2.24. The number of aryl methyl sites for hydroxylation is 3. The molecular formula is C24H29FO2. The molecule has 0 aliphatic carbocycles. The maximum Gasteiger partial charge on any atom is 0.314 e. The summed E-state index contributed by atoms with van der Waals surface area (Å²) in [6.45, 7) is 4.27. The molecule has 0 radical (unpaired) electrons. The Morgan fingerprint density at radius 3 is 2.44 bits per heavy atom. The van der Waals surface area contributed by atoms with Crippen LogP contribution >= 0.6 is 0 Å². The van der Waals surface area contributed by atoms with Crippen LogP contribution in [0.4, 0.5) is 4.39 Å². The monoisotopic (exact) mass is 368 g/mol. The van der Waals surface area contributed by atoms with Crippen molar-refractivity contribution in [2.24, 2.45) is 5.92 Å². The number of benzene rings is 2. The molecule has 0 spiro atoms. The molecule has 2 aromatic rings. The summed E-state index contributed by atoms with van der Waals surface area (Å²) >= 11 is 0. The standard InChI is InChI=1S/C24H29FO2/c1-3-5-6-7-21-16-20-15-14-19(22(25)23(20)27-24(21)26)13-12-18-10-8-17(4-2)9-11-18/h8-11,14-15,21H,3-7,12-13,16H2,1-2H3. The molecule has 0 saturated heterocycles. The number of carbonyl (C=O) groups excluding carboxylic acids is 1. The Labute approximate surface area is 161 Å². The van der Waals surface area contributed by atoms with E-state index in [9.17, 15) is 9.18 Å². The zero-order valence-corrected chi connectivity index (χ0v) is 16.4. The van der Waals surface area contributed by atoms with Crippen molar-refractivity contribution in [2.45, 2.75) is 65.2 Å². The third-order valence-electron chi connectivity index (χ3n) is 5.53. The third-order valence-corrected chi connectivity index (χ3v) is 5.53. The van der Waals surface area contributed by atoms with E-state index in [1.807, 2.05) is 12.1 Å². The minimum absolute atomic E-state index is 0.133. The Balaban J connectivity index is 1.67. The molecule has 3 heteroatoms. The number of esters is 1. The van der Waals surface area contributed by atoms with Crippen molar-refractivity contribution < 1.29 is 13.9 Å². The van der Waals surface area contributed by atoms with Gasteiger partial charge < -0.3 is 4.74 Å². The molecule has 0 amide bonds. The fourth-order valence-corrected chi connectivity index (χ4v) is 3.72. The second-order valence-electron chi connectivity index (χ2n) is 7.51. The lowest BCUT2D eigenvalue weighted by molar-refractivity contribution is -0.140. The first-order valence-corrected chi connectivity index (χ1v) is 10.2. The van der Waals surface area contributed by atoms with Gasteiger partial charge in [-0.15, -0.1) is 0 Å². The van der Waals surface area contributed by atoms with Crippen LogP contribution in [0.2, 0.25) is 0 Å². The van der Waals surface area contributed by atoms with Gasteiger partial charge in [0.25, 0.3) is 0 Å². The predicted octanol–water partition coefficient (Wildman–Crippen LogP) is 5.83. The van der Waals surface area contributed by atoms with E-state index in [0.717, 1.165) is 44.1 Å². The van der Waals surface area contributed by atoms with Crippen LogP contribution in [0.25, 0.3) is 0 Å². The van der Waals surface area contributed by atoms with Crippen molar-refractivity contribution in [3.05, 3.63) is 64.5 Å². The summed E-state index contributed by atoms with van der Waals surface area (Å²) in [7, 11) is 0. The number of halogens is 1. The van der Waals surface area contributed by atoms with E-state index in [2.05, 4.69) is 38.1 Å². The zero-order chi connectivity index (χ0) is 19.2. The quantitative estimate of drug-likeness (QED) is 0.333. The van der Waals surface area contributed by atoms with Gasteiger partial charge in [-0.05, 0) is 54.4 Å². The lowest BCUT2D eigenvalue weighted by Crippen LogP contribution is -2.28. The van der Waals surface area contributed by atoms with E-state index in [0.29, 0.717) is 18.4 Å². The molecule has 3 rings (SSSR count). The van der Waals surface area contributed by atoms with E-state index >= 15 is 0 Å². The molecule has 2 aromatic carbocycles. The Kier molecular flexibility index (Phi) is 6.65. The average Bonchev–Trinajstić information content (AvgIpc) is 2.69. The van der Waals surface area contributed by atoms with Gasteiger partial charge in [0.15, 0.2) is 11.6 Å². The van der Waals surface area contributed by atoms with Gasteiger partial charge in [0.1, 0.15) is 0 Å². The molecule has 27 heavy (non-hydrogen) atoms. The van der Waals surface area contributed by atoms with E-state index in [1.54, 1.807) is 0 Å². The largest absolute Gasteiger partial charge is 0.423 e. The minimum Gasteiger partial charge on any atom is -0.423 e. The van der Waals surface area contributed by atoms with Crippen LogP contribution in [0.3, 0.4) is 0 Å². The molecule has 0 bridgehead atoms. The van der Waals surface area contributed by atoms with E-state index in [4.69, 9.17) is 4.74 Å². The third kappa shape index (κ3) is 4.77. The number of fused-ring (bicyclic) bond motifs is 1. The van der Waals surface area contributed by atoms with Gasteiger partial charge in [-0.3, -0.25) is 4.79 Å². The highest BCUT2D eigenvalue weighted by Crippen LogP contribution is 2.34. The minimum atomic E-state index is -0.363. The van der Waals surface area contributed by atoms with Gasteiger partial charge in [-0.1, -0.05) is 69.5 Å². The summed E-state index contributed by atoms with van der Waals surface area (Å²) in [4.78, 5) is 12.3. The van der Waals surface area contributed by atoms with Gasteiger partial charge in [0.2, 0.25) is 0 Å². The molecule has 0 saturated carbocycles. The fourth-order valence-electron chi connectivity index (χ4n) is 3.72. The molecule has 1 atom stereocenters. The van der Waals surface area contributed by atoms with Crippen LogP contribution in [0.15, 0.2) is 36.4 Å². The average molecular weight is 368 g/mol. The Bertz CT molecular complexity index is 780. The van der Waals surface area contributed by atoms with Gasteiger partial charge >= 0.3 is 5.97 Å². The van der Waals surface area contributed by atoms with Gasteiger partial charge in [0.05, 0.1) is 5.92 Å². The van der Waals surface area contributed by atoms with E-state index < -0.39 is 0 Å². The summed E-state index contributed by atoms with van der Waals surface area (Å²) in [6, 6.07) is 12.3. The first kappa shape index (κ1) is 19.6. The summed E-state index contributed by atoms with van der Waals surface area (Å²) in [5.41, 5.74) is 3.94. The molecule has 0 N–H and O–H groups in total. The molecule has 1 heterocycles. The molecule has 0 fully saturated rings. The summed E-state index contributed by atoms with van der Waals surface area (Å²) in [6.07, 6.45) is 7.06. The van der Waals surface area contributed by atoms with E-state index in [1.165, 1.54) is 11.1 Å². The Morgan fingerprint density at radius 1 is 1.00 bits per heavy atom. The van der Waals surface area contributed by atoms with Crippen LogP contribution in [-0.4, -0.2) is 5.97 Å². The van der Waals surface area contributed by atoms with Crippen LogP contribution in [0, 0.1) is 11.7 Å². The van der Waals surface area contributed by atoms with Crippen molar-refractivity contribution in [1.82, 2.24) is 0 Å². The smallest absolute Gasteiger partial charge is 0.314 e. The van der Waals surface area contributed by atoms with Crippen molar-refractivity contribution in [1.29, 1.82) is 0 Å². The maximum atomic E-state index is 14.9. The number of ether oxygens (including phenoxy) is 1. The highest BCUT2D eigenvalue weighted by molar-refractivity contribution is 5.78. The number of hydrogen-bond acceptors (Lipinski definition) is 2. The SMILES string of the molecule is CCCCCC1Cc2ccc(CCc3ccc(CC)cc3)c(F)c2OC1=O. The fraction of sp³-hybridized carbons (Fsp3) is 0.458. The van der Waals surface area contributed by atoms with Crippen LogP contribution in [0.5, 0.6) is 5.75 Å². The number of unbranched alkanes of at least 4 members (excludes halogenated alkanes) is 2. The highest BCUT2D eigenvalue weighted by Gasteiger charge is 2.30. The normalized spacial score (nSPS) is 16.1. The van der Waals surface area contributed by atoms with E-state index in [-0.39, 0.29) is 23.5 Å². The summed E-state index contributed by atoms with van der Waals surface area (Å²) in [5.74, 6) is -0.611. The molecule has 144 valence electrons. The van der Waals surface area contributed by atoms with Crippen molar-refractivity contribution in [3.8, 4) is 5.75 Å². The molecule has 1 unspecified atom stereocenters. The van der Waals surface area contributed by atoms with Crippen molar-refractivity contribution in [2.75, 3.05) is 0 Å². The predicted molar refractivity (Wildman–Crippen MR) is 107 cm³/mol. The second kappa shape index (κ2) is 9.16. The highest BCUT2D eigenvalue weighted by atomic mass is 19.1. The zero-order valence-electron chi connectivity index (χ0n) is 16.4. The van der Waals surface area contributed by atoms with Gasteiger partial charge in [0, 0.05) is 0 Å². The van der Waals surface area contributed by atoms with Crippen molar-refractivity contribution in [3.63, 3.8) is 0 Å². The number of rotatable bonds is 8. The lowest BCUT2D eigenvalue weighted by atomic mass is 9.90. The van der Waals surface area contributed by atoms with Crippen LogP contribution in [-0.2, 0) is 30.5 Å². The van der Waals surface area contributed by atoms with Crippen LogP contribution in [0.1, 0.15) is 61.8 Å². The maximum absolute atomic E-state index is 14.9. The topological polar surface area (TPSA) is 26.3 Å². The summed E-state index contributed by atoms with van der Waals surface area (Å²) < 4.78 is 20.3. The Morgan fingerprint density at radius 2 is 1.74 bits per heavy atom. The molecule has 0 aromatic heterocycles. The molecule has 1 aliphatic heterocycles. The second-order valence-corrected chi connectivity index (χ2v) is 7.51. The summed E-state index contributed by atoms with van der Waals surface area (Å²) in [5, 5.41) is 0.